The van der Waals surface area contributed by atoms with Crippen LogP contribution in [0.15, 0.2) is 6.20 Å². The molecule has 0 saturated carbocycles. The first-order valence-electron chi connectivity index (χ1n) is 6.49. The van der Waals surface area contributed by atoms with Crippen LogP contribution in [-0.4, -0.2) is 43.2 Å². The summed E-state index contributed by atoms with van der Waals surface area (Å²) in [7, 11) is -6.16. The molecule has 0 fully saturated rings. The molecular weight excluding hydrogens is 368 g/mol. The fourth-order valence-corrected chi connectivity index (χ4v) is 2.05. The van der Waals surface area contributed by atoms with Crippen LogP contribution in [0, 0.1) is 0 Å². The lowest BCUT2D eigenvalue weighted by Crippen LogP contribution is -2.30. The quantitative estimate of drug-likeness (QED) is 0.429. The molecule has 1 aromatic rings. The molecule has 13 heteroatoms. The van der Waals surface area contributed by atoms with Crippen molar-refractivity contribution < 1.29 is 38.9 Å². The van der Waals surface area contributed by atoms with Gasteiger partial charge in [-0.1, -0.05) is 0 Å². The van der Waals surface area contributed by atoms with E-state index >= 15 is 0 Å². The Bertz CT molecular complexity index is 671. The summed E-state index contributed by atoms with van der Waals surface area (Å²) in [5.41, 5.74) is -6.73. The van der Waals surface area contributed by atoms with Crippen LogP contribution < -0.4 is 9.08 Å². The van der Waals surface area contributed by atoms with Crippen molar-refractivity contribution in [2.45, 2.75) is 32.0 Å². The largest absolute Gasteiger partial charge is 0.534 e. The zero-order valence-corrected chi connectivity index (χ0v) is 13.3. The average Bonchev–Trinajstić information content (AvgIpc) is 2.39. The Morgan fingerprint density at radius 3 is 2.08 bits per heavy atom. The third-order valence-corrected chi connectivity index (χ3v) is 3.67. The first kappa shape index (κ1) is 20.3. The molecule has 0 N–H and O–H groups in total. The van der Waals surface area contributed by atoms with Gasteiger partial charge in [0.25, 0.3) is 0 Å². The van der Waals surface area contributed by atoms with Crippen molar-refractivity contribution in [2.24, 2.45) is 0 Å². The van der Waals surface area contributed by atoms with Crippen LogP contribution in [0.2, 0.25) is 0 Å². The van der Waals surface area contributed by atoms with Crippen LogP contribution in [-0.2, 0) is 16.5 Å². The molecule has 0 unspecified atom stereocenters. The monoisotopic (exact) mass is 381 g/mol. The minimum absolute atomic E-state index is 0.252. The molecule has 0 amide bonds. The summed E-state index contributed by atoms with van der Waals surface area (Å²) in [6.07, 6.45) is -5.97. The van der Waals surface area contributed by atoms with E-state index < -0.39 is 39.7 Å². The summed E-state index contributed by atoms with van der Waals surface area (Å²) < 4.78 is 101. The number of nitrogens with zero attached hydrogens (tertiary/aromatic N) is 3. The van der Waals surface area contributed by atoms with Crippen molar-refractivity contribution in [1.82, 2.24) is 9.97 Å². The van der Waals surface area contributed by atoms with E-state index in [4.69, 9.17) is 0 Å². The first-order valence-corrected chi connectivity index (χ1v) is 7.90. The highest BCUT2D eigenvalue weighted by Crippen LogP contribution is 2.31. The maximum absolute atomic E-state index is 12.5. The Morgan fingerprint density at radius 1 is 1.12 bits per heavy atom. The van der Waals surface area contributed by atoms with E-state index in [9.17, 15) is 34.8 Å². The van der Waals surface area contributed by atoms with Crippen LogP contribution in [0.3, 0.4) is 0 Å². The lowest BCUT2D eigenvalue weighted by Gasteiger charge is -2.20. The summed E-state index contributed by atoms with van der Waals surface area (Å²) in [4.78, 5) is 8.42. The van der Waals surface area contributed by atoms with E-state index in [1.165, 1.54) is 4.90 Å². The Labute approximate surface area is 133 Å². The normalized spacial score (nSPS) is 13.0. The highest BCUT2D eigenvalue weighted by Gasteiger charge is 2.49. The van der Waals surface area contributed by atoms with E-state index in [1.807, 2.05) is 0 Å². The van der Waals surface area contributed by atoms with Gasteiger partial charge in [-0.25, -0.2) is 4.98 Å². The van der Waals surface area contributed by atoms with Crippen molar-refractivity contribution in [3.05, 3.63) is 11.8 Å². The molecule has 0 spiro atoms. The Balaban J connectivity index is 3.37. The molecule has 0 saturated heterocycles. The van der Waals surface area contributed by atoms with Gasteiger partial charge in [0.05, 0.1) is 6.42 Å². The van der Waals surface area contributed by atoms with Gasteiger partial charge in [0.1, 0.15) is 0 Å². The van der Waals surface area contributed by atoms with Gasteiger partial charge in [0.15, 0.2) is 0 Å². The highest BCUT2D eigenvalue weighted by atomic mass is 32.2. The van der Waals surface area contributed by atoms with E-state index in [2.05, 4.69) is 14.2 Å². The smallest absolute Gasteiger partial charge is 0.355 e. The molecule has 1 heterocycles. The molecule has 1 rings (SSSR count). The fraction of sp³-hybridized carbons (Fsp3) is 0.636. The average molecular weight is 381 g/mol. The predicted octanol–water partition coefficient (Wildman–Crippen LogP) is 2.66. The predicted molar refractivity (Wildman–Crippen MR) is 71.0 cm³/mol. The van der Waals surface area contributed by atoms with Gasteiger partial charge in [0.2, 0.25) is 11.8 Å². The summed E-state index contributed by atoms with van der Waals surface area (Å²) in [6.45, 7) is 3.87. The van der Waals surface area contributed by atoms with E-state index in [0.717, 1.165) is 0 Å². The number of rotatable bonds is 6. The molecule has 0 aliphatic heterocycles. The van der Waals surface area contributed by atoms with Crippen LogP contribution in [0.4, 0.5) is 32.3 Å². The van der Waals surface area contributed by atoms with Gasteiger partial charge in [-0.2, -0.15) is 39.7 Å². The van der Waals surface area contributed by atoms with E-state index in [0.29, 0.717) is 19.3 Å². The standard InChI is InChI=1S/C11H13F6N3O3S/c1-3-20(4-2)9-18-6-7(5-10(12,13)14)8(19-9)23-24(21,22)11(15,16)17/h6H,3-5H2,1-2H3. The Kier molecular flexibility index (Phi) is 5.90. The molecule has 0 aliphatic rings. The SMILES string of the molecule is CCN(CC)c1ncc(CC(F)(F)F)c(OS(=O)(=O)C(F)(F)F)n1. The molecule has 24 heavy (non-hydrogen) atoms. The second-order valence-electron chi connectivity index (χ2n) is 4.45. The van der Waals surface area contributed by atoms with Gasteiger partial charge in [-0.15, -0.1) is 0 Å². The van der Waals surface area contributed by atoms with Crippen molar-refractivity contribution in [2.75, 3.05) is 18.0 Å². The minimum Gasteiger partial charge on any atom is -0.355 e. The second-order valence-corrected chi connectivity index (χ2v) is 5.99. The third kappa shape index (κ3) is 5.11. The first-order chi connectivity index (χ1) is 10.8. The molecule has 0 atom stereocenters. The van der Waals surface area contributed by atoms with Crippen molar-refractivity contribution in [1.29, 1.82) is 0 Å². The Morgan fingerprint density at radius 2 is 1.67 bits per heavy atom. The number of anilines is 1. The van der Waals surface area contributed by atoms with Crippen molar-refractivity contribution in [3.63, 3.8) is 0 Å². The van der Waals surface area contributed by atoms with Crippen LogP contribution in [0.1, 0.15) is 19.4 Å². The lowest BCUT2D eigenvalue weighted by atomic mass is 10.2. The third-order valence-electron chi connectivity index (χ3n) is 2.72. The van der Waals surface area contributed by atoms with E-state index in [1.54, 1.807) is 13.8 Å². The van der Waals surface area contributed by atoms with Crippen molar-refractivity contribution >= 4 is 16.1 Å². The number of hydrogen-bond acceptors (Lipinski definition) is 6. The van der Waals surface area contributed by atoms with Gasteiger partial charge >= 0.3 is 21.8 Å². The van der Waals surface area contributed by atoms with Crippen molar-refractivity contribution in [3.8, 4) is 5.88 Å². The van der Waals surface area contributed by atoms with Crippen LogP contribution in [0.5, 0.6) is 5.88 Å². The molecule has 1 aromatic heterocycles. The topological polar surface area (TPSA) is 72.4 Å². The summed E-state index contributed by atoms with van der Waals surface area (Å²) >= 11 is 0. The minimum atomic E-state index is -6.16. The number of hydrogen-bond donors (Lipinski definition) is 0. The maximum Gasteiger partial charge on any atom is 0.534 e. The number of aromatic nitrogens is 2. The molecule has 0 radical (unpaired) electrons. The number of halogens is 6. The van der Waals surface area contributed by atoms with E-state index in [-0.39, 0.29) is 5.95 Å². The van der Waals surface area contributed by atoms with Gasteiger partial charge in [-0.3, -0.25) is 0 Å². The fourth-order valence-electron chi connectivity index (χ4n) is 1.60. The highest BCUT2D eigenvalue weighted by molar-refractivity contribution is 7.87. The van der Waals surface area contributed by atoms with Gasteiger partial charge in [-0.05, 0) is 13.8 Å². The molecule has 138 valence electrons. The van der Waals surface area contributed by atoms with Crippen LogP contribution >= 0.6 is 0 Å². The lowest BCUT2D eigenvalue weighted by molar-refractivity contribution is -0.127. The molecule has 0 bridgehead atoms. The molecular formula is C11H13F6N3O3S. The van der Waals surface area contributed by atoms with Crippen LogP contribution in [0.25, 0.3) is 0 Å². The maximum atomic E-state index is 12.5. The summed E-state index contributed by atoms with van der Waals surface area (Å²) in [6, 6.07) is 0. The molecule has 6 nitrogen and oxygen atoms in total. The number of alkyl halides is 6. The van der Waals surface area contributed by atoms with Gasteiger partial charge < -0.3 is 9.08 Å². The molecule has 0 aliphatic carbocycles. The molecule has 0 aromatic carbocycles. The zero-order valence-electron chi connectivity index (χ0n) is 12.4. The second kappa shape index (κ2) is 6.99. The zero-order chi connectivity index (χ0) is 18.8. The van der Waals surface area contributed by atoms with Gasteiger partial charge in [0, 0.05) is 24.8 Å². The summed E-state index contributed by atoms with van der Waals surface area (Å²) in [5.74, 6) is -1.56. The Hall–Kier alpha value is -1.79. The summed E-state index contributed by atoms with van der Waals surface area (Å²) in [5, 5.41) is 0.